The van der Waals surface area contributed by atoms with E-state index in [1.54, 1.807) is 0 Å². The highest BCUT2D eigenvalue weighted by molar-refractivity contribution is 6.34. The second-order valence-corrected chi connectivity index (χ2v) is 15.1. The maximum absolute atomic E-state index is 2.59. The van der Waals surface area contributed by atoms with Crippen LogP contribution in [0.5, 0.6) is 0 Å². The molecule has 55 heavy (non-hydrogen) atoms. The molecule has 0 amide bonds. The lowest BCUT2D eigenvalue weighted by Gasteiger charge is -2.16. The van der Waals surface area contributed by atoms with Gasteiger partial charge in [0.1, 0.15) is 0 Å². The van der Waals surface area contributed by atoms with Crippen molar-refractivity contribution in [3.05, 3.63) is 188 Å². The number of nitrogens with zero attached hydrogens (tertiary/aromatic N) is 1. The normalized spacial score (nSPS) is 12.4. The van der Waals surface area contributed by atoms with E-state index in [1.807, 2.05) is 0 Å². The number of fused-ring (bicyclic) bond motifs is 14. The largest absolute Gasteiger partial charge is 0.308 e. The fraction of sp³-hybridized carbons (Fsp3) is 0. The maximum Gasteiger partial charge on any atom is 0.0620 e. The Morgan fingerprint density at radius 1 is 0.255 bits per heavy atom. The van der Waals surface area contributed by atoms with Crippen LogP contribution >= 0.6 is 0 Å². The molecule has 0 atom stereocenters. The van der Waals surface area contributed by atoms with Gasteiger partial charge in [0.2, 0.25) is 0 Å². The van der Waals surface area contributed by atoms with Crippen LogP contribution in [0.4, 0.5) is 0 Å². The summed E-state index contributed by atoms with van der Waals surface area (Å²) in [6.45, 7) is 0. The maximum atomic E-state index is 2.59. The fourth-order valence-electron chi connectivity index (χ4n) is 10.2. The third-order valence-corrected chi connectivity index (χ3v) is 12.4. The van der Waals surface area contributed by atoms with E-state index in [-0.39, 0.29) is 0 Å². The molecule has 0 unspecified atom stereocenters. The van der Waals surface area contributed by atoms with Gasteiger partial charge in [-0.2, -0.15) is 0 Å². The van der Waals surface area contributed by atoms with Crippen molar-refractivity contribution in [3.63, 3.8) is 0 Å². The van der Waals surface area contributed by atoms with Crippen molar-refractivity contribution in [1.29, 1.82) is 0 Å². The van der Waals surface area contributed by atoms with Crippen molar-refractivity contribution in [3.8, 4) is 22.3 Å². The summed E-state index contributed by atoms with van der Waals surface area (Å²) < 4.78 is 2.59. The van der Waals surface area contributed by atoms with E-state index in [4.69, 9.17) is 0 Å². The van der Waals surface area contributed by atoms with Gasteiger partial charge in [-0.3, -0.25) is 0 Å². The Labute approximate surface area is 316 Å². The Hall–Kier alpha value is -7.22. The molecule has 252 valence electrons. The van der Waals surface area contributed by atoms with Gasteiger partial charge < -0.3 is 4.40 Å². The molecular formula is C54H31N. The lowest BCUT2D eigenvalue weighted by molar-refractivity contribution is 1.38. The van der Waals surface area contributed by atoms with E-state index in [1.165, 1.54) is 125 Å². The minimum absolute atomic E-state index is 1.25. The average molecular weight is 694 g/mol. The number of hydrogen-bond donors (Lipinski definition) is 0. The van der Waals surface area contributed by atoms with Crippen LogP contribution in [0.1, 0.15) is 0 Å². The van der Waals surface area contributed by atoms with Crippen molar-refractivity contribution >= 4 is 103 Å². The first-order valence-electron chi connectivity index (χ1n) is 19.2. The van der Waals surface area contributed by atoms with Crippen LogP contribution in [0.15, 0.2) is 188 Å². The second kappa shape index (κ2) is 10.7. The number of para-hydroxylation sites is 1. The summed E-state index contributed by atoms with van der Waals surface area (Å²) in [5.41, 5.74) is 8.95. The molecule has 0 aliphatic carbocycles. The predicted molar refractivity (Wildman–Crippen MR) is 237 cm³/mol. The topological polar surface area (TPSA) is 4.41 Å². The third-order valence-electron chi connectivity index (χ3n) is 12.4. The Kier molecular flexibility index (Phi) is 5.69. The number of aromatic nitrogens is 1. The van der Waals surface area contributed by atoms with Crippen LogP contribution in [-0.2, 0) is 0 Å². The molecule has 0 N–H and O–H groups in total. The molecule has 0 spiro atoms. The molecule has 0 radical (unpaired) electrons. The summed E-state index contributed by atoms with van der Waals surface area (Å²) in [6, 6.07) is 70.3. The lowest BCUT2D eigenvalue weighted by atomic mass is 9.88. The van der Waals surface area contributed by atoms with E-state index in [0.717, 1.165) is 0 Å². The van der Waals surface area contributed by atoms with Gasteiger partial charge in [-0.1, -0.05) is 176 Å². The van der Waals surface area contributed by atoms with Gasteiger partial charge in [-0.05, 0) is 87.9 Å². The van der Waals surface area contributed by atoms with Crippen LogP contribution < -0.4 is 0 Å². The molecule has 2 heterocycles. The number of benzene rings is 11. The Bertz CT molecular complexity index is 3530. The molecule has 0 saturated carbocycles. The SMILES string of the molecule is c1ccc2c(-c3cccc4c3ccc3ccccc34)c3c4cccc5c6c(-c7cccc8c7ccc7ccccc78)c7ccccc7cc6n(c3cc2c1)c45. The molecule has 0 aliphatic heterocycles. The molecule has 1 nitrogen and oxygen atoms in total. The first kappa shape index (κ1) is 29.3. The second-order valence-electron chi connectivity index (χ2n) is 15.1. The van der Waals surface area contributed by atoms with E-state index >= 15 is 0 Å². The van der Waals surface area contributed by atoms with Crippen LogP contribution in [-0.4, -0.2) is 4.40 Å². The van der Waals surface area contributed by atoms with Gasteiger partial charge in [0, 0.05) is 32.7 Å². The molecule has 0 fully saturated rings. The molecule has 13 rings (SSSR count). The van der Waals surface area contributed by atoms with E-state index in [9.17, 15) is 0 Å². The smallest absolute Gasteiger partial charge is 0.0620 e. The fourth-order valence-corrected chi connectivity index (χ4v) is 10.2. The van der Waals surface area contributed by atoms with E-state index in [2.05, 4.69) is 192 Å². The van der Waals surface area contributed by atoms with Gasteiger partial charge in [0.15, 0.2) is 0 Å². The average Bonchev–Trinajstić information content (AvgIpc) is 3.76. The molecule has 13 aromatic rings. The summed E-state index contributed by atoms with van der Waals surface area (Å²) >= 11 is 0. The highest BCUT2D eigenvalue weighted by Gasteiger charge is 2.25. The third kappa shape index (κ3) is 3.82. The van der Waals surface area contributed by atoms with Crippen molar-refractivity contribution in [2.24, 2.45) is 0 Å². The summed E-state index contributed by atoms with van der Waals surface area (Å²) in [4.78, 5) is 0. The number of rotatable bonds is 2. The minimum atomic E-state index is 1.25. The molecule has 0 bridgehead atoms. The number of hydrogen-bond acceptors (Lipinski definition) is 0. The summed E-state index contributed by atoms with van der Waals surface area (Å²) in [5, 5.41) is 20.5. The molecule has 11 aromatic carbocycles. The zero-order valence-corrected chi connectivity index (χ0v) is 29.8. The van der Waals surface area contributed by atoms with Crippen molar-refractivity contribution in [1.82, 2.24) is 4.40 Å². The van der Waals surface area contributed by atoms with Gasteiger partial charge in [-0.15, -0.1) is 0 Å². The van der Waals surface area contributed by atoms with Gasteiger partial charge >= 0.3 is 0 Å². The highest BCUT2D eigenvalue weighted by atomic mass is 14.9. The van der Waals surface area contributed by atoms with Crippen LogP contribution in [0, 0.1) is 0 Å². The highest BCUT2D eigenvalue weighted by Crippen LogP contribution is 2.50. The molecule has 2 aromatic heterocycles. The Morgan fingerprint density at radius 2 is 0.636 bits per heavy atom. The summed E-state index contributed by atoms with van der Waals surface area (Å²) in [6.07, 6.45) is 0. The zero-order chi connectivity index (χ0) is 35.8. The first-order valence-corrected chi connectivity index (χ1v) is 19.2. The monoisotopic (exact) mass is 693 g/mol. The summed E-state index contributed by atoms with van der Waals surface area (Å²) in [5.74, 6) is 0. The van der Waals surface area contributed by atoms with Crippen molar-refractivity contribution < 1.29 is 0 Å². The van der Waals surface area contributed by atoms with E-state index in [0.29, 0.717) is 0 Å². The summed E-state index contributed by atoms with van der Waals surface area (Å²) in [7, 11) is 0. The molecule has 0 saturated heterocycles. The molecule has 1 heteroatoms. The predicted octanol–water partition coefficient (Wildman–Crippen LogP) is 15.1. The van der Waals surface area contributed by atoms with Gasteiger partial charge in [0.05, 0.1) is 16.6 Å². The van der Waals surface area contributed by atoms with Gasteiger partial charge in [-0.25, -0.2) is 0 Å². The van der Waals surface area contributed by atoms with Crippen molar-refractivity contribution in [2.45, 2.75) is 0 Å². The van der Waals surface area contributed by atoms with Crippen LogP contribution in [0.25, 0.3) is 125 Å². The lowest BCUT2D eigenvalue weighted by Crippen LogP contribution is -1.90. The van der Waals surface area contributed by atoms with Crippen LogP contribution in [0.3, 0.4) is 0 Å². The minimum Gasteiger partial charge on any atom is -0.308 e. The van der Waals surface area contributed by atoms with Gasteiger partial charge in [0.25, 0.3) is 0 Å². The Balaban J connectivity index is 1.23. The van der Waals surface area contributed by atoms with E-state index < -0.39 is 0 Å². The van der Waals surface area contributed by atoms with Crippen molar-refractivity contribution in [2.75, 3.05) is 0 Å². The molecule has 0 aliphatic rings. The first-order chi connectivity index (χ1) is 27.3. The Morgan fingerprint density at radius 3 is 1.13 bits per heavy atom. The quantitative estimate of drug-likeness (QED) is 0.159. The zero-order valence-electron chi connectivity index (χ0n) is 29.8. The van der Waals surface area contributed by atoms with Crippen LogP contribution in [0.2, 0.25) is 0 Å². The standard InChI is InChI=1S/C54H31N/c1-5-16-36-32(12-1)26-28-42-40(36)20-9-22-44(42)50-38-18-7-3-14-34(38)30-48-52(50)46-24-11-25-47-53-49(55(48)54(46)47)31-35-15-4-8-19-39(35)51(53)45-23-10-21-41-37-17-6-2-13-33(37)27-29-43(41)45/h1-31H. The molecular weight excluding hydrogens is 663 g/mol.